The fourth-order valence-corrected chi connectivity index (χ4v) is 8.62. The SMILES string of the molecule is CCCC(NC(=O)[C@@H]1[C@@H]2[C@H](CN1C(=O)[C@@H](NC(=O)N[C@H](CN1Cc3ccccc3C1=O)C(C)(C)C)C1CCCCC1)C2(C)C)C(=O)C(=O)NCC. The fourth-order valence-electron chi connectivity index (χ4n) is 8.62. The lowest BCUT2D eigenvalue weighted by Crippen LogP contribution is -2.61. The summed E-state index contributed by atoms with van der Waals surface area (Å²) in [7, 11) is 0. The molecule has 2 heterocycles. The van der Waals surface area contributed by atoms with E-state index in [0.717, 1.165) is 37.7 Å². The Morgan fingerprint density at radius 1 is 0.961 bits per heavy atom. The first-order valence-corrected chi connectivity index (χ1v) is 19.0. The van der Waals surface area contributed by atoms with Crippen molar-refractivity contribution >= 4 is 35.4 Å². The monoisotopic (exact) mass is 706 g/mol. The molecule has 2 aliphatic carbocycles. The molecule has 1 aromatic carbocycles. The van der Waals surface area contributed by atoms with E-state index in [9.17, 15) is 28.8 Å². The van der Waals surface area contributed by atoms with Gasteiger partial charge in [-0.1, -0.05) is 85.4 Å². The van der Waals surface area contributed by atoms with Gasteiger partial charge in [0.1, 0.15) is 12.1 Å². The molecule has 1 saturated heterocycles. The Balaban J connectivity index is 1.34. The largest absolute Gasteiger partial charge is 0.350 e. The topological polar surface area (TPSA) is 157 Å². The molecule has 0 spiro atoms. The minimum absolute atomic E-state index is 0.0639. The second-order valence-electron chi connectivity index (χ2n) is 16.7. The Bertz CT molecular complexity index is 1510. The van der Waals surface area contributed by atoms with E-state index in [1.54, 1.807) is 16.7 Å². The number of carbonyl (C=O) groups is 6. The summed E-state index contributed by atoms with van der Waals surface area (Å²) in [5, 5.41) is 11.6. The second-order valence-corrected chi connectivity index (χ2v) is 16.7. The first kappa shape index (κ1) is 38.3. The lowest BCUT2D eigenvalue weighted by Gasteiger charge is -2.38. The van der Waals surface area contributed by atoms with Crippen LogP contribution in [0.3, 0.4) is 0 Å². The molecule has 1 aromatic rings. The van der Waals surface area contributed by atoms with Gasteiger partial charge in [0.2, 0.25) is 17.6 Å². The number of nitrogens with one attached hydrogen (secondary N) is 4. The summed E-state index contributed by atoms with van der Waals surface area (Å²) in [6.45, 7) is 15.3. The van der Waals surface area contributed by atoms with E-state index in [2.05, 4.69) is 35.1 Å². The molecule has 5 rings (SSSR count). The second kappa shape index (κ2) is 15.3. The highest BCUT2D eigenvalue weighted by Gasteiger charge is 2.69. The number of urea groups is 1. The van der Waals surface area contributed by atoms with E-state index in [1.807, 2.05) is 52.0 Å². The lowest BCUT2D eigenvalue weighted by atomic mass is 9.83. The van der Waals surface area contributed by atoms with Gasteiger partial charge in [0.15, 0.2) is 0 Å². The van der Waals surface area contributed by atoms with E-state index in [0.29, 0.717) is 44.6 Å². The van der Waals surface area contributed by atoms with Gasteiger partial charge in [-0.15, -0.1) is 0 Å². The summed E-state index contributed by atoms with van der Waals surface area (Å²) in [5.74, 6) is -2.31. The number of Topliss-reactive ketones (excluding diaryl/α,β-unsaturated/α-hetero) is 1. The standard InChI is InChI=1S/C39H58N6O6/c1-8-15-27(32(46)34(48)40-9-2)41-33(47)31-29-26(39(29,6)7)21-45(31)36(50)30(23-16-11-10-12-17-23)43-37(51)42-28(38(3,4)5)22-44-20-24-18-13-14-19-25(24)35(44)49/h13-14,18-19,23,26-31H,8-12,15-17,20-22H2,1-7H3,(H,40,48)(H,41,47)(H2,42,43,51)/t26-,27?,28+,29-,30-,31-/m0/s1. The molecular formula is C39H58N6O6. The van der Waals surface area contributed by atoms with Crippen LogP contribution in [0.5, 0.6) is 0 Å². The quantitative estimate of drug-likeness (QED) is 0.229. The molecule has 2 aliphatic heterocycles. The molecular weight excluding hydrogens is 648 g/mol. The number of piperidine rings is 1. The molecule has 12 heteroatoms. The Kier molecular flexibility index (Phi) is 11.5. The molecule has 6 atom stereocenters. The summed E-state index contributed by atoms with van der Waals surface area (Å²) in [4.78, 5) is 84.7. The van der Waals surface area contributed by atoms with Crippen LogP contribution < -0.4 is 21.3 Å². The third kappa shape index (κ3) is 8.09. The van der Waals surface area contributed by atoms with Gasteiger partial charge >= 0.3 is 6.03 Å². The Labute approximate surface area is 302 Å². The zero-order chi connectivity index (χ0) is 37.2. The number of likely N-dealkylation sites (N-methyl/N-ethyl adjacent to an activating group) is 1. The predicted octanol–water partition coefficient (Wildman–Crippen LogP) is 3.78. The Morgan fingerprint density at radius 3 is 2.27 bits per heavy atom. The number of carbonyl (C=O) groups excluding carboxylic acids is 6. The average Bonchev–Trinajstić information content (AvgIpc) is 3.37. The molecule has 1 unspecified atom stereocenters. The van der Waals surface area contributed by atoms with Crippen molar-refractivity contribution in [1.82, 2.24) is 31.1 Å². The number of hydrogen-bond acceptors (Lipinski definition) is 6. The first-order valence-electron chi connectivity index (χ1n) is 19.0. The number of amides is 6. The Hall–Kier alpha value is -3.96. The van der Waals surface area contributed by atoms with Crippen molar-refractivity contribution in [2.45, 2.75) is 124 Å². The van der Waals surface area contributed by atoms with Crippen molar-refractivity contribution in [1.29, 1.82) is 0 Å². The number of rotatable bonds is 13. The zero-order valence-corrected chi connectivity index (χ0v) is 31.5. The molecule has 0 radical (unpaired) electrons. The number of fused-ring (bicyclic) bond motifs is 2. The predicted molar refractivity (Wildman–Crippen MR) is 193 cm³/mol. The number of hydrogen-bond donors (Lipinski definition) is 4. The van der Waals surface area contributed by atoms with Crippen molar-refractivity contribution in [3.05, 3.63) is 35.4 Å². The van der Waals surface area contributed by atoms with Crippen LogP contribution in [0.25, 0.3) is 0 Å². The number of nitrogens with zero attached hydrogens (tertiary/aromatic N) is 2. The van der Waals surface area contributed by atoms with Gasteiger partial charge in [0.25, 0.3) is 11.8 Å². The molecule has 0 bridgehead atoms. The van der Waals surface area contributed by atoms with E-state index < -0.39 is 53.2 Å². The van der Waals surface area contributed by atoms with Crippen molar-refractivity contribution in [2.24, 2.45) is 28.6 Å². The van der Waals surface area contributed by atoms with Gasteiger partial charge in [-0.05, 0) is 66.4 Å². The van der Waals surface area contributed by atoms with Crippen molar-refractivity contribution < 1.29 is 28.8 Å². The number of ketones is 1. The summed E-state index contributed by atoms with van der Waals surface area (Å²) in [6.07, 6.45) is 5.40. The van der Waals surface area contributed by atoms with Crippen LogP contribution in [0.15, 0.2) is 24.3 Å². The van der Waals surface area contributed by atoms with E-state index in [-0.39, 0.29) is 35.0 Å². The number of likely N-dealkylation sites (tertiary alicyclic amines) is 1. The average molecular weight is 707 g/mol. The van der Waals surface area contributed by atoms with Gasteiger partial charge in [0, 0.05) is 31.7 Å². The highest BCUT2D eigenvalue weighted by molar-refractivity contribution is 6.38. The van der Waals surface area contributed by atoms with E-state index in [4.69, 9.17) is 0 Å². The molecule has 3 fully saturated rings. The molecule has 51 heavy (non-hydrogen) atoms. The maximum atomic E-state index is 14.7. The van der Waals surface area contributed by atoms with E-state index >= 15 is 0 Å². The maximum absolute atomic E-state index is 14.7. The highest BCUT2D eigenvalue weighted by Crippen LogP contribution is 2.65. The normalized spacial score (nSPS) is 24.1. The summed E-state index contributed by atoms with van der Waals surface area (Å²) < 4.78 is 0. The van der Waals surface area contributed by atoms with Gasteiger partial charge in [0.05, 0.1) is 12.1 Å². The number of benzene rings is 1. The summed E-state index contributed by atoms with van der Waals surface area (Å²) in [5.41, 5.74) is 1.07. The summed E-state index contributed by atoms with van der Waals surface area (Å²) >= 11 is 0. The smallest absolute Gasteiger partial charge is 0.315 e. The Morgan fingerprint density at radius 2 is 1.65 bits per heavy atom. The van der Waals surface area contributed by atoms with Crippen LogP contribution in [0.1, 0.15) is 109 Å². The molecule has 6 amide bonds. The van der Waals surface area contributed by atoms with Crippen LogP contribution in [0, 0.1) is 28.6 Å². The first-order chi connectivity index (χ1) is 24.1. The third-order valence-electron chi connectivity index (χ3n) is 11.9. The van der Waals surface area contributed by atoms with E-state index in [1.165, 1.54) is 0 Å². The van der Waals surface area contributed by atoms with Crippen LogP contribution in [-0.4, -0.2) is 89.0 Å². The van der Waals surface area contributed by atoms with Gasteiger partial charge < -0.3 is 31.1 Å². The summed E-state index contributed by atoms with van der Waals surface area (Å²) in [6, 6.07) is 3.99. The minimum atomic E-state index is -0.991. The molecule has 12 nitrogen and oxygen atoms in total. The fraction of sp³-hybridized carbons (Fsp3) is 0.692. The molecule has 280 valence electrons. The molecule has 2 saturated carbocycles. The van der Waals surface area contributed by atoms with Crippen LogP contribution >= 0.6 is 0 Å². The van der Waals surface area contributed by atoms with Gasteiger partial charge in [-0.25, -0.2) is 4.79 Å². The zero-order valence-electron chi connectivity index (χ0n) is 31.5. The van der Waals surface area contributed by atoms with Crippen molar-refractivity contribution in [2.75, 3.05) is 19.6 Å². The van der Waals surface area contributed by atoms with Crippen LogP contribution in [0.4, 0.5) is 4.79 Å². The third-order valence-corrected chi connectivity index (χ3v) is 11.9. The lowest BCUT2D eigenvalue weighted by molar-refractivity contribution is -0.144. The van der Waals surface area contributed by atoms with Gasteiger partial charge in [-0.2, -0.15) is 0 Å². The van der Waals surface area contributed by atoms with Crippen LogP contribution in [0.2, 0.25) is 0 Å². The van der Waals surface area contributed by atoms with Crippen molar-refractivity contribution in [3.8, 4) is 0 Å². The molecule has 4 N–H and O–H groups in total. The van der Waals surface area contributed by atoms with Crippen LogP contribution in [-0.2, 0) is 25.7 Å². The van der Waals surface area contributed by atoms with Crippen molar-refractivity contribution in [3.63, 3.8) is 0 Å². The molecule has 4 aliphatic rings. The molecule has 0 aromatic heterocycles. The minimum Gasteiger partial charge on any atom is -0.350 e. The van der Waals surface area contributed by atoms with Gasteiger partial charge in [-0.3, -0.25) is 24.0 Å². The highest BCUT2D eigenvalue weighted by atomic mass is 16.2. The maximum Gasteiger partial charge on any atom is 0.315 e.